The van der Waals surface area contributed by atoms with E-state index in [1.165, 1.54) is 11.5 Å². The van der Waals surface area contributed by atoms with Crippen LogP contribution in [0.3, 0.4) is 0 Å². The van der Waals surface area contributed by atoms with Gasteiger partial charge < -0.3 is 10.6 Å². The molecule has 0 atom stereocenters. The molecule has 0 saturated heterocycles. The molecule has 3 rings (SSSR count). The van der Waals surface area contributed by atoms with E-state index in [-0.39, 0.29) is 5.91 Å². The lowest BCUT2D eigenvalue weighted by molar-refractivity contribution is -0.113. The van der Waals surface area contributed by atoms with Crippen LogP contribution in [-0.2, 0) is 11.3 Å². The van der Waals surface area contributed by atoms with E-state index in [9.17, 15) is 4.79 Å². The fraction of sp³-hybridized carbons (Fsp3) is 0.182. The summed E-state index contributed by atoms with van der Waals surface area (Å²) in [5.74, 6) is 0.540. The van der Waals surface area contributed by atoms with Crippen molar-refractivity contribution in [2.45, 2.75) is 11.4 Å². The fourth-order valence-corrected chi connectivity index (χ4v) is 2.89. The van der Waals surface area contributed by atoms with E-state index in [0.29, 0.717) is 12.3 Å². The number of nitrogens with zero attached hydrogens (tertiary/aromatic N) is 2. The zero-order valence-corrected chi connectivity index (χ0v) is 11.0. The van der Waals surface area contributed by atoms with E-state index < -0.39 is 0 Å². The van der Waals surface area contributed by atoms with Crippen LogP contribution in [-0.4, -0.2) is 21.2 Å². The smallest absolute Gasteiger partial charge is 0.234 e. The number of fused-ring (bicyclic) bond motifs is 1. The van der Waals surface area contributed by atoms with E-state index in [4.69, 9.17) is 0 Å². The number of carbonyl (C=O) groups is 1. The Labute approximate surface area is 112 Å². The molecule has 0 saturated carbocycles. The molecule has 18 heavy (non-hydrogen) atoms. The van der Waals surface area contributed by atoms with E-state index in [0.717, 1.165) is 22.0 Å². The Hall–Kier alpha value is -1.60. The van der Waals surface area contributed by atoms with Gasteiger partial charge in [-0.25, -0.2) is 0 Å². The Morgan fingerprint density at radius 1 is 1.44 bits per heavy atom. The van der Waals surface area contributed by atoms with Gasteiger partial charge in [-0.05, 0) is 29.7 Å². The molecule has 0 bridgehead atoms. The topological polar surface area (TPSA) is 66.9 Å². The standard InChI is InChI=1S/C11H10N4OS2/c16-11-6-17-10-2-1-7(3-9(10)13-11)12-4-8-5-18-15-14-8/h1-3,5,12H,4,6H2,(H,13,16). The molecule has 5 nitrogen and oxygen atoms in total. The molecule has 0 radical (unpaired) electrons. The lowest BCUT2D eigenvalue weighted by Crippen LogP contribution is -2.18. The Morgan fingerprint density at radius 2 is 2.39 bits per heavy atom. The summed E-state index contributed by atoms with van der Waals surface area (Å²) in [6, 6.07) is 5.96. The molecular weight excluding hydrogens is 268 g/mol. The molecule has 0 aliphatic carbocycles. The number of amides is 1. The van der Waals surface area contributed by atoms with Crippen LogP contribution in [0.4, 0.5) is 11.4 Å². The summed E-state index contributed by atoms with van der Waals surface area (Å²) in [7, 11) is 0. The maximum atomic E-state index is 11.3. The van der Waals surface area contributed by atoms with Crippen LogP contribution in [0.15, 0.2) is 28.5 Å². The van der Waals surface area contributed by atoms with Crippen LogP contribution >= 0.6 is 23.3 Å². The van der Waals surface area contributed by atoms with Crippen molar-refractivity contribution in [3.63, 3.8) is 0 Å². The van der Waals surface area contributed by atoms with Crippen LogP contribution in [0.5, 0.6) is 0 Å². The van der Waals surface area contributed by atoms with Gasteiger partial charge >= 0.3 is 0 Å². The van der Waals surface area contributed by atoms with Crippen LogP contribution in [0, 0.1) is 0 Å². The highest BCUT2D eigenvalue weighted by Crippen LogP contribution is 2.33. The van der Waals surface area contributed by atoms with Crippen molar-refractivity contribution in [3.05, 3.63) is 29.3 Å². The molecule has 1 aliphatic heterocycles. The molecule has 2 aromatic rings. The normalized spacial score (nSPS) is 13.9. The molecule has 1 amide bonds. The van der Waals surface area contributed by atoms with Gasteiger partial charge in [-0.3, -0.25) is 4.79 Å². The fourth-order valence-electron chi connectivity index (χ4n) is 1.65. The number of anilines is 2. The Kier molecular flexibility index (Phi) is 3.16. The van der Waals surface area contributed by atoms with E-state index in [1.54, 1.807) is 11.8 Å². The highest BCUT2D eigenvalue weighted by molar-refractivity contribution is 8.00. The summed E-state index contributed by atoms with van der Waals surface area (Å²) >= 11 is 2.90. The third-order valence-electron chi connectivity index (χ3n) is 2.49. The lowest BCUT2D eigenvalue weighted by Gasteiger charge is -2.17. The highest BCUT2D eigenvalue weighted by Gasteiger charge is 2.15. The number of carbonyl (C=O) groups excluding carboxylic acids is 1. The van der Waals surface area contributed by atoms with E-state index in [1.807, 2.05) is 23.6 Å². The minimum Gasteiger partial charge on any atom is -0.379 e. The Balaban J connectivity index is 1.73. The number of hydrogen-bond acceptors (Lipinski definition) is 6. The second-order valence-electron chi connectivity index (χ2n) is 3.80. The maximum absolute atomic E-state index is 11.3. The third kappa shape index (κ3) is 2.46. The SMILES string of the molecule is O=C1CSc2ccc(NCc3csnn3)cc2N1. The quantitative estimate of drug-likeness (QED) is 0.901. The van der Waals surface area contributed by atoms with Crippen LogP contribution in [0.25, 0.3) is 0 Å². The number of rotatable bonds is 3. The van der Waals surface area contributed by atoms with Crippen molar-refractivity contribution < 1.29 is 4.79 Å². The number of hydrogen-bond donors (Lipinski definition) is 2. The van der Waals surface area contributed by atoms with Crippen molar-refractivity contribution >= 4 is 40.6 Å². The summed E-state index contributed by atoms with van der Waals surface area (Å²) in [6.07, 6.45) is 0. The zero-order valence-electron chi connectivity index (χ0n) is 9.34. The van der Waals surface area contributed by atoms with Crippen LogP contribution in [0.2, 0.25) is 0 Å². The average molecular weight is 278 g/mol. The summed E-state index contributed by atoms with van der Waals surface area (Å²) in [4.78, 5) is 12.4. The number of nitrogens with one attached hydrogen (secondary N) is 2. The minimum atomic E-state index is 0.0494. The van der Waals surface area contributed by atoms with Gasteiger partial charge in [0.05, 0.1) is 23.7 Å². The van der Waals surface area contributed by atoms with Crippen molar-refractivity contribution in [1.29, 1.82) is 0 Å². The third-order valence-corrected chi connectivity index (χ3v) is 4.12. The first-order chi connectivity index (χ1) is 8.81. The summed E-state index contributed by atoms with van der Waals surface area (Å²) in [5.41, 5.74) is 2.75. The lowest BCUT2D eigenvalue weighted by atomic mass is 10.2. The van der Waals surface area contributed by atoms with Crippen LogP contribution in [0.1, 0.15) is 5.69 Å². The molecule has 0 spiro atoms. The molecular formula is C11H10N4OS2. The van der Waals surface area contributed by atoms with E-state index >= 15 is 0 Å². The predicted molar refractivity (Wildman–Crippen MR) is 73.0 cm³/mol. The second-order valence-corrected chi connectivity index (χ2v) is 5.42. The summed E-state index contributed by atoms with van der Waals surface area (Å²) in [5, 5.41) is 12.0. The molecule has 1 aromatic heterocycles. The monoisotopic (exact) mass is 278 g/mol. The van der Waals surface area contributed by atoms with Gasteiger partial charge in [-0.2, -0.15) is 0 Å². The number of thioether (sulfide) groups is 1. The first-order valence-electron chi connectivity index (χ1n) is 5.38. The van der Waals surface area contributed by atoms with E-state index in [2.05, 4.69) is 20.2 Å². The number of aromatic nitrogens is 2. The summed E-state index contributed by atoms with van der Waals surface area (Å²) < 4.78 is 3.81. The molecule has 7 heteroatoms. The van der Waals surface area contributed by atoms with Crippen molar-refractivity contribution in [2.75, 3.05) is 16.4 Å². The molecule has 92 valence electrons. The van der Waals surface area contributed by atoms with Gasteiger partial charge in [-0.15, -0.1) is 16.9 Å². The molecule has 1 aromatic carbocycles. The number of benzene rings is 1. The molecule has 0 fully saturated rings. The van der Waals surface area contributed by atoms with Gasteiger partial charge in [0.2, 0.25) is 5.91 Å². The van der Waals surface area contributed by atoms with Crippen molar-refractivity contribution in [2.24, 2.45) is 0 Å². The largest absolute Gasteiger partial charge is 0.379 e. The predicted octanol–water partition coefficient (Wildman–Crippen LogP) is 2.19. The first-order valence-corrected chi connectivity index (χ1v) is 7.20. The Bertz CT molecular complexity index is 570. The van der Waals surface area contributed by atoms with Gasteiger partial charge in [0.25, 0.3) is 0 Å². The molecule has 0 unspecified atom stereocenters. The van der Waals surface area contributed by atoms with Gasteiger partial charge in [0, 0.05) is 16.0 Å². The average Bonchev–Trinajstić information content (AvgIpc) is 2.89. The highest BCUT2D eigenvalue weighted by atomic mass is 32.2. The Morgan fingerprint density at radius 3 is 3.22 bits per heavy atom. The van der Waals surface area contributed by atoms with Crippen molar-refractivity contribution in [3.8, 4) is 0 Å². The van der Waals surface area contributed by atoms with Crippen molar-refractivity contribution in [1.82, 2.24) is 9.59 Å². The van der Waals surface area contributed by atoms with Gasteiger partial charge in [-0.1, -0.05) is 4.49 Å². The minimum absolute atomic E-state index is 0.0494. The summed E-state index contributed by atoms with van der Waals surface area (Å²) in [6.45, 7) is 0.635. The molecule has 1 aliphatic rings. The zero-order chi connectivity index (χ0) is 12.4. The van der Waals surface area contributed by atoms with Gasteiger partial charge in [0.1, 0.15) is 0 Å². The first kappa shape index (κ1) is 11.5. The molecule has 2 N–H and O–H groups in total. The molecule has 2 heterocycles. The second kappa shape index (κ2) is 4.95. The maximum Gasteiger partial charge on any atom is 0.234 e. The van der Waals surface area contributed by atoms with Crippen LogP contribution < -0.4 is 10.6 Å². The van der Waals surface area contributed by atoms with Gasteiger partial charge in [0.15, 0.2) is 0 Å².